The largest absolute Gasteiger partial charge is 0.450 e. The number of nitrogens with zero attached hydrogens (tertiary/aromatic N) is 2. The molecule has 1 saturated heterocycles. The van der Waals surface area contributed by atoms with Crippen LogP contribution in [0.1, 0.15) is 60.5 Å². The standard InChI is InChI=1S/C28H31ClN2O4/c1-28(2,3)19-7-5-18(6-8-19)24-23-25(32)21-17-20(29)9-10-22(21)35-26(23)27(33)31(24)12-4-11-30-13-15-34-16-14-30/h5-10,17,24H,4,11-16H2,1-3H3. The van der Waals surface area contributed by atoms with Crippen LogP contribution in [0, 0.1) is 0 Å². The van der Waals surface area contributed by atoms with E-state index < -0.39 is 6.04 Å². The van der Waals surface area contributed by atoms with Gasteiger partial charge in [-0.25, -0.2) is 0 Å². The van der Waals surface area contributed by atoms with Gasteiger partial charge in [0, 0.05) is 31.2 Å². The topological polar surface area (TPSA) is 63.0 Å². The third-order valence-electron chi connectivity index (χ3n) is 7.00. The second-order valence-corrected chi connectivity index (χ2v) is 10.8. The Morgan fingerprint density at radius 2 is 1.71 bits per heavy atom. The average Bonchev–Trinajstić information content (AvgIpc) is 3.12. The van der Waals surface area contributed by atoms with Crippen LogP contribution in [0.4, 0.5) is 0 Å². The maximum atomic E-state index is 13.7. The van der Waals surface area contributed by atoms with Crippen molar-refractivity contribution < 1.29 is 13.9 Å². The van der Waals surface area contributed by atoms with Gasteiger partial charge in [0.2, 0.25) is 5.76 Å². The molecular weight excluding hydrogens is 464 g/mol. The molecular formula is C28H31ClN2O4. The number of rotatable bonds is 5. The zero-order valence-electron chi connectivity index (χ0n) is 20.5. The van der Waals surface area contributed by atoms with Crippen LogP contribution in [0.2, 0.25) is 5.02 Å². The van der Waals surface area contributed by atoms with Crippen molar-refractivity contribution in [2.45, 2.75) is 38.6 Å². The van der Waals surface area contributed by atoms with Crippen LogP contribution in [0.15, 0.2) is 51.7 Å². The van der Waals surface area contributed by atoms with Gasteiger partial charge < -0.3 is 14.1 Å². The Morgan fingerprint density at radius 3 is 2.40 bits per heavy atom. The molecule has 0 saturated carbocycles. The molecule has 1 atom stereocenters. The fourth-order valence-corrected chi connectivity index (χ4v) is 5.20. The first-order valence-electron chi connectivity index (χ1n) is 12.2. The molecule has 0 N–H and O–H groups in total. The SMILES string of the molecule is CC(C)(C)c1ccc(C2c3c(oc4ccc(Cl)cc4c3=O)C(=O)N2CCCN2CCOCC2)cc1. The Bertz CT molecular complexity index is 1300. The van der Waals surface area contributed by atoms with E-state index in [0.29, 0.717) is 28.1 Å². The smallest absolute Gasteiger partial charge is 0.290 e. The molecule has 0 bridgehead atoms. The highest BCUT2D eigenvalue weighted by atomic mass is 35.5. The van der Waals surface area contributed by atoms with E-state index in [2.05, 4.69) is 37.8 Å². The summed E-state index contributed by atoms with van der Waals surface area (Å²) in [5.74, 6) is -0.0954. The molecule has 2 aliphatic heterocycles. The zero-order chi connectivity index (χ0) is 24.7. The van der Waals surface area contributed by atoms with Gasteiger partial charge in [-0.3, -0.25) is 14.5 Å². The highest BCUT2D eigenvalue weighted by Gasteiger charge is 2.42. The molecule has 2 aromatic carbocycles. The number of hydrogen-bond donors (Lipinski definition) is 0. The lowest BCUT2D eigenvalue weighted by Gasteiger charge is -2.29. The molecule has 3 heterocycles. The average molecular weight is 495 g/mol. The monoisotopic (exact) mass is 494 g/mol. The van der Waals surface area contributed by atoms with Crippen molar-refractivity contribution in [1.29, 1.82) is 0 Å². The first kappa shape index (κ1) is 24.0. The summed E-state index contributed by atoms with van der Waals surface area (Å²) in [6.07, 6.45) is 0.801. The molecule has 1 amide bonds. The third-order valence-corrected chi connectivity index (χ3v) is 7.23. The Hall–Kier alpha value is -2.67. The molecule has 1 unspecified atom stereocenters. The number of ether oxygens (including phenoxy) is 1. The predicted octanol–water partition coefficient (Wildman–Crippen LogP) is 5.01. The van der Waals surface area contributed by atoms with E-state index in [1.54, 1.807) is 23.1 Å². The molecule has 5 rings (SSSR count). The van der Waals surface area contributed by atoms with Crippen LogP contribution in [0.3, 0.4) is 0 Å². The van der Waals surface area contributed by atoms with Crippen LogP contribution in [0.5, 0.6) is 0 Å². The molecule has 7 heteroatoms. The van der Waals surface area contributed by atoms with Gasteiger partial charge in [-0.2, -0.15) is 0 Å². The number of carbonyl (C=O) groups is 1. The zero-order valence-corrected chi connectivity index (χ0v) is 21.2. The summed E-state index contributed by atoms with van der Waals surface area (Å²) in [6.45, 7) is 11.2. The number of morpholine rings is 1. The van der Waals surface area contributed by atoms with Gasteiger partial charge in [0.05, 0.1) is 30.2 Å². The van der Waals surface area contributed by atoms with Crippen molar-refractivity contribution >= 4 is 28.5 Å². The maximum absolute atomic E-state index is 13.7. The van der Waals surface area contributed by atoms with Gasteiger partial charge in [-0.1, -0.05) is 56.6 Å². The molecule has 184 valence electrons. The van der Waals surface area contributed by atoms with Gasteiger partial charge in [-0.15, -0.1) is 0 Å². The normalized spacial score (nSPS) is 18.9. The van der Waals surface area contributed by atoms with Gasteiger partial charge in [0.25, 0.3) is 5.91 Å². The maximum Gasteiger partial charge on any atom is 0.290 e. The van der Waals surface area contributed by atoms with Crippen molar-refractivity contribution in [1.82, 2.24) is 9.80 Å². The predicted molar refractivity (Wildman–Crippen MR) is 137 cm³/mol. The molecule has 2 aliphatic rings. The minimum Gasteiger partial charge on any atom is -0.450 e. The van der Waals surface area contributed by atoms with Crippen LogP contribution >= 0.6 is 11.6 Å². The summed E-state index contributed by atoms with van der Waals surface area (Å²) < 4.78 is 11.5. The highest BCUT2D eigenvalue weighted by Crippen LogP contribution is 2.39. The number of fused-ring (bicyclic) bond motifs is 2. The summed E-state index contributed by atoms with van der Waals surface area (Å²) in [4.78, 5) is 31.4. The minimum atomic E-state index is -0.490. The minimum absolute atomic E-state index is 0.00571. The summed E-state index contributed by atoms with van der Waals surface area (Å²) in [5, 5.41) is 0.859. The molecule has 0 radical (unpaired) electrons. The number of amides is 1. The lowest BCUT2D eigenvalue weighted by atomic mass is 9.86. The molecule has 1 fully saturated rings. The Morgan fingerprint density at radius 1 is 1.00 bits per heavy atom. The van der Waals surface area contributed by atoms with Gasteiger partial charge in [0.15, 0.2) is 5.43 Å². The van der Waals surface area contributed by atoms with E-state index in [4.69, 9.17) is 20.8 Å². The van der Waals surface area contributed by atoms with E-state index in [0.717, 1.165) is 44.8 Å². The number of hydrogen-bond acceptors (Lipinski definition) is 5. The van der Waals surface area contributed by atoms with Crippen LogP contribution in [-0.2, 0) is 10.2 Å². The lowest BCUT2D eigenvalue weighted by molar-refractivity contribution is 0.0353. The number of halogens is 1. The van der Waals surface area contributed by atoms with Crippen molar-refractivity contribution in [2.24, 2.45) is 0 Å². The Balaban J connectivity index is 1.54. The quantitative estimate of drug-likeness (QED) is 0.499. The first-order valence-corrected chi connectivity index (χ1v) is 12.6. The highest BCUT2D eigenvalue weighted by molar-refractivity contribution is 6.31. The van der Waals surface area contributed by atoms with Crippen molar-refractivity contribution in [3.05, 3.63) is 80.2 Å². The van der Waals surface area contributed by atoms with E-state index >= 15 is 0 Å². The van der Waals surface area contributed by atoms with Crippen LogP contribution in [0.25, 0.3) is 11.0 Å². The van der Waals surface area contributed by atoms with Crippen molar-refractivity contribution in [3.8, 4) is 0 Å². The fourth-order valence-electron chi connectivity index (χ4n) is 5.02. The fraction of sp³-hybridized carbons (Fsp3) is 0.429. The summed E-state index contributed by atoms with van der Waals surface area (Å²) in [5.41, 5.74) is 2.69. The second kappa shape index (κ2) is 9.41. The van der Waals surface area contributed by atoms with E-state index in [1.807, 2.05) is 12.1 Å². The third kappa shape index (κ3) is 4.63. The summed E-state index contributed by atoms with van der Waals surface area (Å²) in [7, 11) is 0. The van der Waals surface area contributed by atoms with Gasteiger partial charge in [0.1, 0.15) is 5.58 Å². The Kier molecular flexibility index (Phi) is 6.47. The van der Waals surface area contributed by atoms with Crippen molar-refractivity contribution in [3.63, 3.8) is 0 Å². The van der Waals surface area contributed by atoms with Crippen LogP contribution in [-0.4, -0.2) is 55.1 Å². The van der Waals surface area contributed by atoms with E-state index in [1.165, 1.54) is 5.56 Å². The van der Waals surface area contributed by atoms with Crippen molar-refractivity contribution in [2.75, 3.05) is 39.4 Å². The van der Waals surface area contributed by atoms with Crippen LogP contribution < -0.4 is 5.43 Å². The molecule has 6 nitrogen and oxygen atoms in total. The summed E-state index contributed by atoms with van der Waals surface area (Å²) in [6, 6.07) is 12.7. The van der Waals surface area contributed by atoms with E-state index in [9.17, 15) is 9.59 Å². The van der Waals surface area contributed by atoms with Gasteiger partial charge in [-0.05, 0) is 41.2 Å². The number of benzene rings is 2. The molecule has 1 aromatic heterocycles. The molecule has 0 spiro atoms. The lowest BCUT2D eigenvalue weighted by Crippen LogP contribution is -2.38. The Labute approximate surface area is 210 Å². The van der Waals surface area contributed by atoms with Gasteiger partial charge >= 0.3 is 0 Å². The van der Waals surface area contributed by atoms with E-state index in [-0.39, 0.29) is 22.5 Å². The number of carbonyl (C=O) groups excluding carboxylic acids is 1. The molecule has 0 aliphatic carbocycles. The second-order valence-electron chi connectivity index (χ2n) is 10.4. The molecule has 35 heavy (non-hydrogen) atoms. The summed E-state index contributed by atoms with van der Waals surface area (Å²) >= 11 is 6.18. The first-order chi connectivity index (χ1) is 16.7. The molecule has 3 aromatic rings.